The number of rotatable bonds is 2. The van der Waals surface area contributed by atoms with Crippen LogP contribution in [0.3, 0.4) is 0 Å². The monoisotopic (exact) mass is 276 g/mol. The molecule has 1 aliphatic rings. The van der Waals surface area contributed by atoms with Crippen LogP contribution in [0.4, 0.5) is 0 Å². The van der Waals surface area contributed by atoms with Gasteiger partial charge in [0, 0.05) is 28.4 Å². The average Bonchev–Trinajstić information content (AvgIpc) is 3.05. The summed E-state index contributed by atoms with van der Waals surface area (Å²) >= 11 is 1.46. The van der Waals surface area contributed by atoms with Gasteiger partial charge in [-0.1, -0.05) is 0 Å². The van der Waals surface area contributed by atoms with Gasteiger partial charge in [0.05, 0.1) is 5.88 Å². The smallest absolute Gasteiger partial charge is 0.327 e. The molecule has 98 valence electrons. The summed E-state index contributed by atoms with van der Waals surface area (Å²) in [5.74, 6) is -0.282. The molecule has 3 rings (SSSR count). The number of amides is 1. The number of H-pyrrole nitrogens is 1. The topological polar surface area (TPSA) is 73.4 Å². The van der Waals surface area contributed by atoms with E-state index in [1.165, 1.54) is 16.7 Å². The maximum absolute atomic E-state index is 12.4. The Labute approximate surface area is 113 Å². The number of hydrogen-bond acceptors (Lipinski definition) is 3. The fraction of sp³-hybridized carbons (Fsp3) is 0.231. The van der Waals surface area contributed by atoms with Gasteiger partial charge in [0.2, 0.25) is 0 Å². The van der Waals surface area contributed by atoms with Crippen molar-refractivity contribution >= 4 is 34.5 Å². The first-order valence-electron chi connectivity index (χ1n) is 5.85. The van der Waals surface area contributed by atoms with Crippen LogP contribution in [0.5, 0.6) is 0 Å². The maximum atomic E-state index is 12.4. The van der Waals surface area contributed by atoms with Crippen LogP contribution in [-0.2, 0) is 4.79 Å². The van der Waals surface area contributed by atoms with Crippen molar-refractivity contribution in [2.45, 2.75) is 6.04 Å². The van der Waals surface area contributed by atoms with E-state index in [9.17, 15) is 9.59 Å². The van der Waals surface area contributed by atoms with Crippen LogP contribution >= 0.6 is 11.8 Å². The number of aromatic nitrogens is 1. The zero-order valence-electron chi connectivity index (χ0n) is 10.00. The predicted molar refractivity (Wildman–Crippen MR) is 73.2 cm³/mol. The number of carboxylic acids is 1. The van der Waals surface area contributed by atoms with Crippen molar-refractivity contribution in [3.8, 4) is 0 Å². The summed E-state index contributed by atoms with van der Waals surface area (Å²) in [5, 5.41) is 10.1. The minimum Gasteiger partial charge on any atom is -0.480 e. The van der Waals surface area contributed by atoms with Crippen LogP contribution in [0.25, 0.3) is 10.9 Å². The molecule has 0 aliphatic carbocycles. The first-order chi connectivity index (χ1) is 9.16. The highest BCUT2D eigenvalue weighted by atomic mass is 32.2. The van der Waals surface area contributed by atoms with Crippen molar-refractivity contribution in [1.29, 1.82) is 0 Å². The Morgan fingerprint density at radius 2 is 2.21 bits per heavy atom. The van der Waals surface area contributed by atoms with Gasteiger partial charge >= 0.3 is 5.97 Å². The molecule has 1 aromatic carbocycles. The number of carbonyl (C=O) groups is 2. The second-order valence-electron chi connectivity index (χ2n) is 4.41. The lowest BCUT2D eigenvalue weighted by Gasteiger charge is -2.20. The molecular weight excluding hydrogens is 264 g/mol. The van der Waals surface area contributed by atoms with E-state index in [0.717, 1.165) is 10.9 Å². The van der Waals surface area contributed by atoms with E-state index in [0.29, 0.717) is 17.2 Å². The van der Waals surface area contributed by atoms with Gasteiger partial charge in [0.1, 0.15) is 6.04 Å². The quantitative estimate of drug-likeness (QED) is 0.876. The van der Waals surface area contributed by atoms with Gasteiger partial charge in [0.25, 0.3) is 5.91 Å². The van der Waals surface area contributed by atoms with E-state index in [1.807, 2.05) is 18.3 Å². The molecule has 0 bridgehead atoms. The van der Waals surface area contributed by atoms with Crippen LogP contribution in [0.15, 0.2) is 30.5 Å². The average molecular weight is 276 g/mol. The minimum atomic E-state index is -0.943. The van der Waals surface area contributed by atoms with E-state index in [1.54, 1.807) is 12.1 Å². The van der Waals surface area contributed by atoms with E-state index in [2.05, 4.69) is 4.98 Å². The molecule has 0 unspecified atom stereocenters. The number of benzene rings is 1. The lowest BCUT2D eigenvalue weighted by molar-refractivity contribution is -0.140. The standard InChI is InChI=1S/C13H12N2O3S/c16-12(15-7-19-6-11(15)13(17)18)9-1-2-10-8(5-9)3-4-14-10/h1-5,11,14H,6-7H2,(H,17,18)/t11-/m0/s1. The largest absolute Gasteiger partial charge is 0.480 e. The number of nitrogens with one attached hydrogen (secondary N) is 1. The highest BCUT2D eigenvalue weighted by Gasteiger charge is 2.34. The third-order valence-electron chi connectivity index (χ3n) is 3.23. The second kappa shape index (κ2) is 4.62. The molecule has 1 fully saturated rings. The Morgan fingerprint density at radius 1 is 1.37 bits per heavy atom. The molecule has 2 N–H and O–H groups in total. The van der Waals surface area contributed by atoms with Crippen molar-refractivity contribution in [2.75, 3.05) is 11.6 Å². The molecular formula is C13H12N2O3S. The summed E-state index contributed by atoms with van der Waals surface area (Å²) < 4.78 is 0. The van der Waals surface area contributed by atoms with E-state index in [4.69, 9.17) is 5.11 Å². The SMILES string of the molecule is O=C(O)[C@@H]1CSCN1C(=O)c1ccc2[nH]ccc2c1. The highest BCUT2D eigenvalue weighted by molar-refractivity contribution is 7.99. The van der Waals surface area contributed by atoms with E-state index >= 15 is 0 Å². The first-order valence-corrected chi connectivity index (χ1v) is 7.01. The second-order valence-corrected chi connectivity index (χ2v) is 5.41. The maximum Gasteiger partial charge on any atom is 0.327 e. The van der Waals surface area contributed by atoms with Crippen LogP contribution in [0.2, 0.25) is 0 Å². The minimum absolute atomic E-state index is 0.222. The number of carboxylic acid groups (broad SMARTS) is 1. The predicted octanol–water partition coefficient (Wildman–Crippen LogP) is 1.77. The van der Waals surface area contributed by atoms with Crippen LogP contribution in [0, 0.1) is 0 Å². The fourth-order valence-corrected chi connectivity index (χ4v) is 3.34. The van der Waals surface area contributed by atoms with Crippen molar-refractivity contribution in [3.63, 3.8) is 0 Å². The van der Waals surface area contributed by atoms with Crippen molar-refractivity contribution in [1.82, 2.24) is 9.88 Å². The number of aromatic amines is 1. The molecule has 0 spiro atoms. The van der Waals surface area contributed by atoms with Crippen molar-refractivity contribution < 1.29 is 14.7 Å². The Kier molecular flexibility index (Phi) is 2.94. The summed E-state index contributed by atoms with van der Waals surface area (Å²) in [7, 11) is 0. The Hall–Kier alpha value is -1.95. The third kappa shape index (κ3) is 2.08. The molecule has 2 heterocycles. The third-order valence-corrected chi connectivity index (χ3v) is 4.24. The van der Waals surface area contributed by atoms with Gasteiger partial charge in [-0.3, -0.25) is 4.79 Å². The Morgan fingerprint density at radius 3 is 3.00 bits per heavy atom. The van der Waals surface area contributed by atoms with Crippen LogP contribution in [0.1, 0.15) is 10.4 Å². The normalized spacial score (nSPS) is 18.9. The zero-order valence-corrected chi connectivity index (χ0v) is 10.8. The summed E-state index contributed by atoms with van der Waals surface area (Å²) in [6.45, 7) is 0. The summed E-state index contributed by atoms with van der Waals surface area (Å²) in [6.07, 6.45) is 1.81. The lowest BCUT2D eigenvalue weighted by atomic mass is 10.1. The zero-order chi connectivity index (χ0) is 13.4. The van der Waals surface area contributed by atoms with E-state index < -0.39 is 12.0 Å². The summed E-state index contributed by atoms with van der Waals surface area (Å²) in [5.41, 5.74) is 1.49. The lowest BCUT2D eigenvalue weighted by Crippen LogP contribution is -2.41. The molecule has 5 nitrogen and oxygen atoms in total. The molecule has 2 aromatic rings. The number of carbonyl (C=O) groups excluding carboxylic acids is 1. The Balaban J connectivity index is 1.92. The van der Waals surface area contributed by atoms with Gasteiger partial charge < -0.3 is 15.0 Å². The number of thioether (sulfide) groups is 1. The van der Waals surface area contributed by atoms with Gasteiger partial charge in [-0.05, 0) is 24.3 Å². The summed E-state index contributed by atoms with van der Waals surface area (Å²) in [6, 6.07) is 6.51. The number of fused-ring (bicyclic) bond motifs is 1. The Bertz CT molecular complexity index is 652. The number of nitrogens with zero attached hydrogens (tertiary/aromatic N) is 1. The molecule has 1 atom stereocenters. The highest BCUT2D eigenvalue weighted by Crippen LogP contribution is 2.24. The fourth-order valence-electron chi connectivity index (χ4n) is 2.20. The molecule has 1 aromatic heterocycles. The van der Waals surface area contributed by atoms with Crippen LogP contribution in [-0.4, -0.2) is 44.5 Å². The molecule has 1 saturated heterocycles. The molecule has 0 radical (unpaired) electrons. The van der Waals surface area contributed by atoms with Crippen LogP contribution < -0.4 is 0 Å². The first kappa shape index (κ1) is 12.1. The number of hydrogen-bond donors (Lipinski definition) is 2. The van der Waals surface area contributed by atoms with Crippen molar-refractivity contribution in [3.05, 3.63) is 36.0 Å². The van der Waals surface area contributed by atoms with Gasteiger partial charge in [-0.15, -0.1) is 11.8 Å². The number of aliphatic carboxylic acids is 1. The van der Waals surface area contributed by atoms with Crippen molar-refractivity contribution in [2.24, 2.45) is 0 Å². The van der Waals surface area contributed by atoms with Gasteiger partial charge in [-0.25, -0.2) is 4.79 Å². The molecule has 1 amide bonds. The molecule has 1 aliphatic heterocycles. The molecule has 19 heavy (non-hydrogen) atoms. The summed E-state index contributed by atoms with van der Waals surface area (Å²) in [4.78, 5) is 27.9. The van der Waals surface area contributed by atoms with Gasteiger partial charge in [0.15, 0.2) is 0 Å². The molecule has 0 saturated carbocycles. The van der Waals surface area contributed by atoms with Gasteiger partial charge in [-0.2, -0.15) is 0 Å². The van der Waals surface area contributed by atoms with E-state index in [-0.39, 0.29) is 5.91 Å². The molecule has 6 heteroatoms.